The largest absolute Gasteiger partial charge is 0.458 e. The van der Waals surface area contributed by atoms with Gasteiger partial charge in [0, 0.05) is 0 Å². The number of carbonyl (C=O) groups excluding carboxylic acids is 1. The SMILES string of the molecule is C[C@](O)(C(=O)OCc1ccccc1)C(F)(F)F. The topological polar surface area (TPSA) is 46.5 Å². The van der Waals surface area contributed by atoms with E-state index >= 15 is 0 Å². The molecule has 0 aromatic heterocycles. The molecule has 0 aliphatic heterocycles. The van der Waals surface area contributed by atoms with Gasteiger partial charge in [0.1, 0.15) is 6.61 Å². The molecule has 0 saturated heterocycles. The van der Waals surface area contributed by atoms with Gasteiger partial charge >= 0.3 is 12.1 Å². The van der Waals surface area contributed by atoms with Crippen LogP contribution in [-0.4, -0.2) is 22.9 Å². The number of benzene rings is 1. The van der Waals surface area contributed by atoms with Crippen LogP contribution in [0, 0.1) is 0 Å². The minimum Gasteiger partial charge on any atom is -0.458 e. The molecule has 0 unspecified atom stereocenters. The van der Waals surface area contributed by atoms with Gasteiger partial charge in [0.05, 0.1) is 0 Å². The zero-order valence-electron chi connectivity index (χ0n) is 8.99. The number of alkyl halides is 3. The third-order valence-electron chi connectivity index (χ3n) is 2.16. The van der Waals surface area contributed by atoms with Gasteiger partial charge in [-0.3, -0.25) is 0 Å². The maximum Gasteiger partial charge on any atom is 0.427 e. The Morgan fingerprint density at radius 2 is 1.82 bits per heavy atom. The smallest absolute Gasteiger partial charge is 0.427 e. The van der Waals surface area contributed by atoms with Crippen molar-refractivity contribution in [2.24, 2.45) is 0 Å². The molecule has 0 heterocycles. The van der Waals surface area contributed by atoms with Crippen molar-refractivity contribution in [3.63, 3.8) is 0 Å². The van der Waals surface area contributed by atoms with Gasteiger partial charge in [0.15, 0.2) is 0 Å². The lowest BCUT2D eigenvalue weighted by Gasteiger charge is -2.23. The normalized spacial score (nSPS) is 15.1. The molecule has 1 aromatic rings. The molecule has 1 rings (SSSR count). The number of ether oxygens (including phenoxy) is 1. The van der Waals surface area contributed by atoms with Crippen LogP contribution >= 0.6 is 0 Å². The van der Waals surface area contributed by atoms with Crippen molar-refractivity contribution >= 4 is 5.97 Å². The standard InChI is InChI=1S/C11H11F3O3/c1-10(16,11(12,13)14)9(15)17-7-8-5-3-2-4-6-8/h2-6,16H,7H2,1H3/t10-/m0/s1. The van der Waals surface area contributed by atoms with E-state index in [-0.39, 0.29) is 6.61 Å². The van der Waals surface area contributed by atoms with E-state index in [4.69, 9.17) is 5.11 Å². The first kappa shape index (κ1) is 13.5. The minimum atomic E-state index is -5.05. The van der Waals surface area contributed by atoms with E-state index in [1.54, 1.807) is 30.3 Å². The van der Waals surface area contributed by atoms with Crippen molar-refractivity contribution in [1.82, 2.24) is 0 Å². The summed E-state index contributed by atoms with van der Waals surface area (Å²) in [5, 5.41) is 9.00. The zero-order chi connectivity index (χ0) is 13.1. The highest BCUT2D eigenvalue weighted by Gasteiger charge is 2.57. The maximum atomic E-state index is 12.3. The molecule has 0 saturated carbocycles. The molecular weight excluding hydrogens is 237 g/mol. The summed E-state index contributed by atoms with van der Waals surface area (Å²) in [5.41, 5.74) is -2.94. The summed E-state index contributed by atoms with van der Waals surface area (Å²) in [4.78, 5) is 11.1. The Morgan fingerprint density at radius 1 is 1.29 bits per heavy atom. The number of carbonyl (C=O) groups is 1. The van der Waals surface area contributed by atoms with Gasteiger partial charge in [0.25, 0.3) is 5.60 Å². The van der Waals surface area contributed by atoms with Gasteiger partial charge in [-0.1, -0.05) is 30.3 Å². The molecule has 1 N–H and O–H groups in total. The highest BCUT2D eigenvalue weighted by Crippen LogP contribution is 2.31. The number of rotatable bonds is 3. The fourth-order valence-electron chi connectivity index (χ4n) is 0.979. The molecule has 6 heteroatoms. The molecule has 17 heavy (non-hydrogen) atoms. The third kappa shape index (κ3) is 3.20. The predicted molar refractivity (Wildman–Crippen MR) is 52.9 cm³/mol. The van der Waals surface area contributed by atoms with Crippen LogP contribution in [0.5, 0.6) is 0 Å². The molecule has 0 amide bonds. The van der Waals surface area contributed by atoms with Crippen molar-refractivity contribution in [2.45, 2.75) is 25.3 Å². The lowest BCUT2D eigenvalue weighted by atomic mass is 10.1. The Labute approximate surface area is 95.8 Å². The fraction of sp³-hybridized carbons (Fsp3) is 0.364. The Hall–Kier alpha value is -1.56. The first-order valence-corrected chi connectivity index (χ1v) is 4.75. The van der Waals surface area contributed by atoms with Crippen LogP contribution in [0.2, 0.25) is 0 Å². The molecular formula is C11H11F3O3. The summed E-state index contributed by atoms with van der Waals surface area (Å²) in [6.45, 7) is 0.0478. The van der Waals surface area contributed by atoms with Gasteiger partial charge < -0.3 is 9.84 Å². The van der Waals surface area contributed by atoms with E-state index < -0.39 is 17.7 Å². The first-order valence-electron chi connectivity index (χ1n) is 4.75. The summed E-state index contributed by atoms with van der Waals surface area (Å²) < 4.78 is 41.2. The second kappa shape index (κ2) is 4.75. The second-order valence-electron chi connectivity index (χ2n) is 3.63. The van der Waals surface area contributed by atoms with Crippen LogP contribution in [0.3, 0.4) is 0 Å². The Kier molecular flexibility index (Phi) is 3.77. The number of hydrogen-bond donors (Lipinski definition) is 1. The number of aliphatic hydroxyl groups is 1. The van der Waals surface area contributed by atoms with Gasteiger partial charge in [0.2, 0.25) is 0 Å². The number of hydrogen-bond acceptors (Lipinski definition) is 3. The van der Waals surface area contributed by atoms with E-state index in [1.807, 2.05) is 0 Å². The van der Waals surface area contributed by atoms with E-state index in [9.17, 15) is 18.0 Å². The van der Waals surface area contributed by atoms with E-state index in [0.29, 0.717) is 12.5 Å². The average Bonchev–Trinajstić information content (AvgIpc) is 2.25. The Balaban J connectivity index is 2.62. The van der Waals surface area contributed by atoms with E-state index in [0.717, 1.165) is 0 Å². The summed E-state index contributed by atoms with van der Waals surface area (Å²) >= 11 is 0. The lowest BCUT2D eigenvalue weighted by Crippen LogP contribution is -2.50. The van der Waals surface area contributed by atoms with Crippen LogP contribution < -0.4 is 0 Å². The molecule has 94 valence electrons. The summed E-state index contributed by atoms with van der Waals surface area (Å²) in [7, 11) is 0. The van der Waals surface area contributed by atoms with Crippen molar-refractivity contribution in [3.05, 3.63) is 35.9 Å². The fourth-order valence-corrected chi connectivity index (χ4v) is 0.979. The Bertz CT molecular complexity index is 385. The molecule has 1 atom stereocenters. The summed E-state index contributed by atoms with van der Waals surface area (Å²) in [6, 6.07) is 8.22. The number of esters is 1. The van der Waals surface area contributed by atoms with Crippen molar-refractivity contribution < 1.29 is 27.8 Å². The van der Waals surface area contributed by atoms with Crippen LogP contribution in [-0.2, 0) is 16.1 Å². The quantitative estimate of drug-likeness (QED) is 0.833. The second-order valence-corrected chi connectivity index (χ2v) is 3.63. The van der Waals surface area contributed by atoms with Crippen LogP contribution in [0.4, 0.5) is 13.2 Å². The van der Waals surface area contributed by atoms with E-state index in [1.165, 1.54) is 0 Å². The Morgan fingerprint density at radius 3 is 2.29 bits per heavy atom. The third-order valence-corrected chi connectivity index (χ3v) is 2.16. The van der Waals surface area contributed by atoms with Gasteiger partial charge in [-0.25, -0.2) is 4.79 Å². The van der Waals surface area contributed by atoms with Crippen molar-refractivity contribution in [3.8, 4) is 0 Å². The molecule has 0 radical (unpaired) electrons. The maximum absolute atomic E-state index is 12.3. The molecule has 0 bridgehead atoms. The monoisotopic (exact) mass is 248 g/mol. The summed E-state index contributed by atoms with van der Waals surface area (Å²) in [6.07, 6.45) is -5.05. The molecule has 1 aromatic carbocycles. The van der Waals surface area contributed by atoms with Gasteiger partial charge in [-0.15, -0.1) is 0 Å². The lowest BCUT2D eigenvalue weighted by molar-refractivity contribution is -0.257. The van der Waals surface area contributed by atoms with E-state index in [2.05, 4.69) is 4.74 Å². The highest BCUT2D eigenvalue weighted by atomic mass is 19.4. The predicted octanol–water partition coefficient (Wildman–Crippen LogP) is 2.04. The zero-order valence-corrected chi connectivity index (χ0v) is 8.99. The van der Waals surface area contributed by atoms with Gasteiger partial charge in [-0.2, -0.15) is 13.2 Å². The average molecular weight is 248 g/mol. The molecule has 0 aliphatic rings. The van der Waals surface area contributed by atoms with Crippen LogP contribution in [0.25, 0.3) is 0 Å². The van der Waals surface area contributed by atoms with Crippen molar-refractivity contribution in [1.29, 1.82) is 0 Å². The minimum absolute atomic E-state index is 0.314. The van der Waals surface area contributed by atoms with Crippen molar-refractivity contribution in [2.75, 3.05) is 0 Å². The molecule has 0 spiro atoms. The highest BCUT2D eigenvalue weighted by molar-refractivity contribution is 5.79. The number of halogens is 3. The summed E-state index contributed by atoms with van der Waals surface area (Å²) in [5.74, 6) is -1.71. The molecule has 0 fully saturated rings. The van der Waals surface area contributed by atoms with Gasteiger partial charge in [-0.05, 0) is 12.5 Å². The van der Waals surface area contributed by atoms with Crippen LogP contribution in [0.15, 0.2) is 30.3 Å². The molecule has 0 aliphatic carbocycles. The van der Waals surface area contributed by atoms with Crippen LogP contribution in [0.1, 0.15) is 12.5 Å². The molecule has 3 nitrogen and oxygen atoms in total. The first-order chi connectivity index (χ1) is 7.75.